The molecule has 43 heteroatoms. The number of carbonyl (C=O) groups excluding carboxylic acids is 9. The zero-order valence-electron chi connectivity index (χ0n) is 74.6. The minimum atomic E-state index is -1.70. The Hall–Kier alpha value is -13.9. The number of carbonyl (C=O) groups is 15. The van der Waals surface area contributed by atoms with Crippen molar-refractivity contribution in [1.29, 1.82) is 0 Å². The number of ether oxygens (including phenoxy) is 4. The predicted octanol–water partition coefficient (Wildman–Crippen LogP) is 10.3. The van der Waals surface area contributed by atoms with E-state index >= 15 is 0 Å². The summed E-state index contributed by atoms with van der Waals surface area (Å²) in [5, 5.41) is 101. The molecule has 0 atom stereocenters. The molecule has 0 saturated heterocycles. The number of rotatable bonds is 49. The highest BCUT2D eigenvalue weighted by molar-refractivity contribution is 6.05. The second-order valence-corrected chi connectivity index (χ2v) is 30.5. The summed E-state index contributed by atoms with van der Waals surface area (Å²) >= 11 is 0. The molecule has 15 amide bonds. The van der Waals surface area contributed by atoms with Crippen LogP contribution in [-0.4, -0.2) is 197 Å². The molecule has 0 saturated carbocycles. The zero-order chi connectivity index (χ0) is 96.3. The molecule has 712 valence electrons. The highest BCUT2D eigenvalue weighted by Gasteiger charge is 2.37. The van der Waals surface area contributed by atoms with Crippen LogP contribution in [0.4, 0.5) is 62.9 Å². The van der Waals surface area contributed by atoms with Gasteiger partial charge in [-0.2, -0.15) is 0 Å². The maximum Gasteiger partial charge on any atom is 0.319 e. The maximum atomic E-state index is 14.9. The van der Waals surface area contributed by atoms with Crippen molar-refractivity contribution >= 4 is 124 Å². The third-order valence-corrected chi connectivity index (χ3v) is 22.0. The van der Waals surface area contributed by atoms with E-state index in [1.54, 1.807) is 0 Å². The number of amides is 15. The Morgan fingerprint density at radius 3 is 1.05 bits per heavy atom. The Labute approximate surface area is 756 Å². The Bertz CT molecular complexity index is 4910. The normalized spacial score (nSPS) is 12.6. The minimum absolute atomic E-state index is 0.0199. The fourth-order valence-electron chi connectivity index (χ4n) is 15.8. The molecule has 0 aliphatic carbocycles. The molecule has 5 aromatic carbocycles. The van der Waals surface area contributed by atoms with E-state index in [1.807, 2.05) is 48.5 Å². The minimum Gasteiger partial charge on any atom is -0.481 e. The van der Waals surface area contributed by atoms with Gasteiger partial charge in [0.2, 0.25) is 0 Å². The number of carboxylic acid groups (broad SMARTS) is 6. The molecule has 0 unspecified atom stereocenters. The first-order valence-electron chi connectivity index (χ1n) is 43.2. The van der Waals surface area contributed by atoms with Gasteiger partial charge >= 0.3 is 72.0 Å². The van der Waals surface area contributed by atoms with E-state index in [4.69, 9.17) is 30.2 Å². The molecule has 6 rings (SSSR count). The molecule has 4 bridgehead atoms. The number of anilines is 6. The zero-order valence-corrected chi connectivity index (χ0v) is 74.6. The number of benzene rings is 5. The molecule has 131 heavy (non-hydrogen) atoms. The average molecular weight is 1830 g/mol. The fourth-order valence-corrected chi connectivity index (χ4v) is 15.8. The molecule has 0 spiro atoms. The summed E-state index contributed by atoms with van der Waals surface area (Å²) in [5.74, 6) is -10.3. The van der Waals surface area contributed by atoms with Crippen molar-refractivity contribution in [2.45, 2.75) is 214 Å². The molecular weight excluding hydrogens is 1710 g/mol. The number of hydrogen-bond donors (Lipinski definition) is 21. The second-order valence-electron chi connectivity index (χ2n) is 30.5. The number of nitrogens with one attached hydrogen (secondary N) is 14. The van der Waals surface area contributed by atoms with E-state index in [-0.39, 0.29) is 187 Å². The van der Waals surface area contributed by atoms with Crippen LogP contribution >= 0.6 is 0 Å². The van der Waals surface area contributed by atoms with E-state index in [2.05, 4.69) is 84.5 Å². The van der Waals surface area contributed by atoms with Crippen LogP contribution in [0.2, 0.25) is 0 Å². The fraction of sp³-hybridized carbons (Fsp3) is 0.489. The van der Waals surface area contributed by atoms with Crippen LogP contribution in [0, 0.1) is 0 Å². The summed E-state index contributed by atoms with van der Waals surface area (Å²) in [4.78, 5) is 203. The smallest absolute Gasteiger partial charge is 0.319 e. The van der Waals surface area contributed by atoms with Gasteiger partial charge in [0.1, 0.15) is 0 Å². The molecule has 1 aliphatic rings. The maximum absolute atomic E-state index is 14.9. The van der Waals surface area contributed by atoms with Gasteiger partial charge in [-0.1, -0.05) is 53.6 Å². The summed E-state index contributed by atoms with van der Waals surface area (Å²) in [6, 6.07) is 6.18. The largest absolute Gasteiger partial charge is 0.481 e. The lowest BCUT2D eigenvalue weighted by Gasteiger charge is -2.34. The first-order valence-corrected chi connectivity index (χ1v) is 43.2. The highest BCUT2D eigenvalue weighted by Crippen LogP contribution is 2.37. The number of urea groups is 6. The van der Waals surface area contributed by atoms with Gasteiger partial charge in [-0.3, -0.25) is 43.2 Å². The lowest BCUT2D eigenvalue weighted by atomic mass is 9.82. The monoisotopic (exact) mass is 1830 g/mol. The third-order valence-electron chi connectivity index (χ3n) is 22.0. The Morgan fingerprint density at radius 1 is 0.389 bits per heavy atom. The van der Waals surface area contributed by atoms with Gasteiger partial charge < -0.3 is 130 Å². The molecule has 22 N–H and O–H groups in total. The lowest BCUT2D eigenvalue weighted by Crippen LogP contribution is -2.49. The van der Waals surface area contributed by atoms with Crippen molar-refractivity contribution < 1.29 is 122 Å². The summed E-state index contributed by atoms with van der Waals surface area (Å²) in [5.41, 5.74) is 18.1. The summed E-state index contributed by atoms with van der Waals surface area (Å²) in [7, 11) is 0. The lowest BCUT2D eigenvalue weighted by molar-refractivity contribution is -0.140. The Kier molecular flexibility index (Phi) is 43.5. The number of nitrogens with zero attached hydrogens (tertiary/aromatic N) is 3. The van der Waals surface area contributed by atoms with E-state index < -0.39 is 139 Å². The number of fused-ring (bicyclic) bond motifs is 6. The molecular formula is C88H120N18O25. The number of aliphatic carboxylic acids is 6. The predicted molar refractivity (Wildman–Crippen MR) is 482 cm³/mol. The average Bonchev–Trinajstić information content (AvgIpc) is 0.769. The van der Waals surface area contributed by atoms with Crippen molar-refractivity contribution in [1.82, 2.24) is 42.5 Å². The van der Waals surface area contributed by atoms with E-state index in [0.29, 0.717) is 78.9 Å². The SMILES string of the molecule is CCc1c(CC)c2c(CC)c(c1CC)CNC(=O)Nc1cc(C(=O)NC(CCC(=O)O)(CCC(=O)O)CCC(=O)O)ccc1NC(=O)NCc1c(CC)c(CNC(=O)Nc3ccc(C(=O)NC(CCC(=O)O)(CCC(=O)O)CCC(=O)O)cc3NC(N)=O)c(CC)c(c1CC)CNC(=O)Nc1ccc(C(=O)NCCOCCOCCOCCOCCN=[N+]=[N-])cc1NC(=O)NC2. The van der Waals surface area contributed by atoms with Gasteiger partial charge in [0.25, 0.3) is 17.7 Å². The van der Waals surface area contributed by atoms with Gasteiger partial charge in [-0.05, 0) is 210 Å². The molecule has 1 aliphatic heterocycles. The van der Waals surface area contributed by atoms with Crippen LogP contribution in [-0.2, 0) is 125 Å². The number of nitrogens with two attached hydrogens (primary N) is 1. The molecule has 0 aromatic heterocycles. The standard InChI is InChI=1S/C88H120N18O25/c1-8-54-55(9-2)61-46-95-85(126)102-70-43-51(78(119)91-33-35-128-37-39-130-41-42-131-40-38-129-36-34-97-106-90)15-18-67(70)100-83(124)93-49-64-58(12-5)63(48-92-82(123)99-66-19-16-52(44-69(66)98-81(89)122)79(120)104-87(27-21-72(107)108,28-22-73(109)110)29-23-74(111)112)59(13-6)65(60(64)14-7)50-94-84(125)101-68-20-17-53(45-71(68)103-86(127)96-47-62(56(54)10-3)57(61)11-4)80(121)105-88(30-24-75(113)114,31-25-76(115)116)32-26-77(117)118/h15-20,43-45H,8-14,21-42,46-50H2,1-7H3,(H,91,119)(H,104,120)(H,105,121)(H,107,108)(H,109,110)(H,111,112)(H,113,114)(H,115,116)(H,117,118)(H3,89,98,122)(H2,92,99,123)(H2,93,100,124)(H2,94,101,125)(H2,95,102,126)(H2,96,103,127). The Morgan fingerprint density at radius 2 is 0.710 bits per heavy atom. The van der Waals surface area contributed by atoms with Gasteiger partial charge in [0.15, 0.2) is 0 Å². The number of carboxylic acids is 6. The number of hydrogen-bond acceptors (Lipinski definition) is 20. The first-order chi connectivity index (χ1) is 62.6. The van der Waals surface area contributed by atoms with Crippen molar-refractivity contribution in [3.63, 3.8) is 0 Å². The van der Waals surface area contributed by atoms with Crippen LogP contribution in [0.25, 0.3) is 10.4 Å². The summed E-state index contributed by atoms with van der Waals surface area (Å²) in [6.45, 7) is 14.5. The van der Waals surface area contributed by atoms with Crippen molar-refractivity contribution in [2.75, 3.05) is 97.8 Å². The molecule has 43 nitrogen and oxygen atoms in total. The van der Waals surface area contributed by atoms with Gasteiger partial charge in [0.05, 0.1) is 87.0 Å². The quantitative estimate of drug-likeness (QED) is 0.00744. The van der Waals surface area contributed by atoms with Gasteiger partial charge in [-0.15, -0.1) is 0 Å². The highest BCUT2D eigenvalue weighted by atomic mass is 16.6. The topological polar surface area (TPSA) is 658 Å². The summed E-state index contributed by atoms with van der Waals surface area (Å²) < 4.78 is 22.1. The van der Waals surface area contributed by atoms with Crippen molar-refractivity contribution in [3.05, 3.63) is 148 Å². The van der Waals surface area contributed by atoms with Crippen molar-refractivity contribution in [3.8, 4) is 0 Å². The van der Waals surface area contributed by atoms with Crippen LogP contribution in [0.1, 0.15) is 223 Å². The third kappa shape index (κ3) is 33.6. The summed E-state index contributed by atoms with van der Waals surface area (Å²) in [6.07, 6.45) is -3.12. The van der Waals surface area contributed by atoms with E-state index in [9.17, 15) is 103 Å². The van der Waals surface area contributed by atoms with E-state index in [1.165, 1.54) is 48.5 Å². The van der Waals surface area contributed by atoms with Crippen LogP contribution in [0.5, 0.6) is 0 Å². The molecule has 1 heterocycles. The molecule has 0 radical (unpaired) electrons. The second kappa shape index (κ2) is 53.8. The Balaban J connectivity index is 1.46. The van der Waals surface area contributed by atoms with Gasteiger partial charge in [0, 0.05) is 117 Å². The van der Waals surface area contributed by atoms with E-state index in [0.717, 1.165) is 39.4 Å². The van der Waals surface area contributed by atoms with Crippen LogP contribution in [0.15, 0.2) is 59.7 Å². The number of azide groups is 1. The van der Waals surface area contributed by atoms with Crippen LogP contribution < -0.4 is 80.2 Å². The molecule has 0 fully saturated rings. The van der Waals surface area contributed by atoms with Gasteiger partial charge in [-0.25, -0.2) is 28.8 Å². The first kappa shape index (κ1) is 106. The van der Waals surface area contributed by atoms with Crippen molar-refractivity contribution in [2.24, 2.45) is 10.8 Å². The molecule has 5 aromatic rings. The van der Waals surface area contributed by atoms with Crippen LogP contribution in [0.3, 0.4) is 0 Å². The number of primary amides is 1.